The molecule has 0 unspecified atom stereocenters. The zero-order valence-electron chi connectivity index (χ0n) is 11.7. The van der Waals surface area contributed by atoms with Crippen LogP contribution < -0.4 is 15.8 Å². The van der Waals surface area contributed by atoms with Gasteiger partial charge in [0.15, 0.2) is 5.82 Å². The summed E-state index contributed by atoms with van der Waals surface area (Å²) in [5, 5.41) is 3.14. The van der Waals surface area contributed by atoms with Gasteiger partial charge < -0.3 is 15.8 Å². The van der Waals surface area contributed by atoms with Crippen molar-refractivity contribution in [3.63, 3.8) is 0 Å². The lowest BCUT2D eigenvalue weighted by Crippen LogP contribution is -2.11. The fourth-order valence-corrected chi connectivity index (χ4v) is 1.56. The molecule has 6 nitrogen and oxygen atoms in total. The van der Waals surface area contributed by atoms with Crippen LogP contribution in [0.3, 0.4) is 0 Å². The van der Waals surface area contributed by atoms with E-state index in [0.717, 1.165) is 5.69 Å². The Balaban J connectivity index is 2.03. The average molecular weight is 273 g/mol. The first-order valence-electron chi connectivity index (χ1n) is 6.54. The summed E-state index contributed by atoms with van der Waals surface area (Å²) in [5.41, 5.74) is 7.33. The Hall–Kier alpha value is -2.37. The lowest BCUT2D eigenvalue weighted by Gasteiger charge is -2.12. The van der Waals surface area contributed by atoms with Gasteiger partial charge in [0.2, 0.25) is 5.88 Å². The Morgan fingerprint density at radius 3 is 2.80 bits per heavy atom. The lowest BCUT2D eigenvalue weighted by molar-refractivity contribution is 0.262. The van der Waals surface area contributed by atoms with Gasteiger partial charge in [0.05, 0.1) is 18.8 Å². The number of nitrogen functional groups attached to an aromatic ring is 1. The third-order valence-corrected chi connectivity index (χ3v) is 2.56. The van der Waals surface area contributed by atoms with Crippen molar-refractivity contribution < 1.29 is 4.74 Å². The van der Waals surface area contributed by atoms with Gasteiger partial charge in [-0.25, -0.2) is 4.98 Å². The predicted octanol–water partition coefficient (Wildman–Crippen LogP) is 2.10. The Morgan fingerprint density at radius 1 is 1.25 bits per heavy atom. The Labute approximate surface area is 118 Å². The van der Waals surface area contributed by atoms with Crippen molar-refractivity contribution in [2.24, 2.45) is 5.92 Å². The number of anilines is 2. The highest BCUT2D eigenvalue weighted by Crippen LogP contribution is 2.25. The van der Waals surface area contributed by atoms with E-state index in [1.54, 1.807) is 6.20 Å². The molecule has 3 N–H and O–H groups in total. The van der Waals surface area contributed by atoms with Gasteiger partial charge >= 0.3 is 0 Å². The molecule has 20 heavy (non-hydrogen) atoms. The SMILES string of the molecule is CC(C)COc1ncnc(NCc2ccccn2)c1N. The Bertz CT molecular complexity index is 545. The van der Waals surface area contributed by atoms with Crippen molar-refractivity contribution in [3.05, 3.63) is 36.4 Å². The Kier molecular flexibility index (Phi) is 4.70. The maximum absolute atomic E-state index is 6.00. The van der Waals surface area contributed by atoms with Gasteiger partial charge in [-0.15, -0.1) is 0 Å². The Morgan fingerprint density at radius 2 is 2.10 bits per heavy atom. The van der Waals surface area contributed by atoms with E-state index in [1.807, 2.05) is 18.2 Å². The minimum absolute atomic E-state index is 0.411. The third kappa shape index (κ3) is 3.81. The molecule has 0 radical (unpaired) electrons. The highest BCUT2D eigenvalue weighted by molar-refractivity contribution is 5.66. The molecule has 2 rings (SSSR count). The topological polar surface area (TPSA) is 86.0 Å². The number of nitrogens with zero attached hydrogens (tertiary/aromatic N) is 3. The summed E-state index contributed by atoms with van der Waals surface area (Å²) in [4.78, 5) is 12.4. The predicted molar refractivity (Wildman–Crippen MR) is 78.3 cm³/mol. The van der Waals surface area contributed by atoms with Gasteiger partial charge in [-0.1, -0.05) is 19.9 Å². The molecule has 2 heterocycles. The molecule has 0 aliphatic carbocycles. The second-order valence-corrected chi connectivity index (χ2v) is 4.82. The van der Waals surface area contributed by atoms with Crippen LogP contribution in [0.1, 0.15) is 19.5 Å². The van der Waals surface area contributed by atoms with Gasteiger partial charge in [-0.05, 0) is 18.1 Å². The average Bonchev–Trinajstić information content (AvgIpc) is 2.46. The first-order chi connectivity index (χ1) is 9.66. The number of pyridine rings is 1. The van der Waals surface area contributed by atoms with E-state index in [1.165, 1.54) is 6.33 Å². The van der Waals surface area contributed by atoms with Crippen LogP contribution in [0.2, 0.25) is 0 Å². The van der Waals surface area contributed by atoms with Crippen LogP contribution in [-0.2, 0) is 6.54 Å². The van der Waals surface area contributed by atoms with E-state index in [4.69, 9.17) is 10.5 Å². The van der Waals surface area contributed by atoms with Crippen LogP contribution in [0.25, 0.3) is 0 Å². The van der Waals surface area contributed by atoms with E-state index in [9.17, 15) is 0 Å². The number of hydrogen-bond acceptors (Lipinski definition) is 6. The lowest BCUT2D eigenvalue weighted by atomic mass is 10.2. The normalized spacial score (nSPS) is 10.6. The largest absolute Gasteiger partial charge is 0.476 e. The monoisotopic (exact) mass is 273 g/mol. The molecular formula is C14H19N5O. The maximum Gasteiger partial charge on any atom is 0.242 e. The smallest absolute Gasteiger partial charge is 0.242 e. The molecule has 2 aromatic heterocycles. The number of ether oxygens (including phenoxy) is 1. The van der Waals surface area contributed by atoms with Crippen molar-refractivity contribution in [1.82, 2.24) is 15.0 Å². The molecule has 6 heteroatoms. The van der Waals surface area contributed by atoms with Gasteiger partial charge in [-0.2, -0.15) is 4.98 Å². The molecule has 0 atom stereocenters. The molecule has 0 saturated heterocycles. The minimum atomic E-state index is 0.411. The zero-order valence-corrected chi connectivity index (χ0v) is 11.7. The molecule has 0 spiro atoms. The molecule has 0 aliphatic heterocycles. The molecule has 0 aromatic carbocycles. The van der Waals surface area contributed by atoms with Crippen molar-refractivity contribution >= 4 is 11.5 Å². The number of nitrogens with one attached hydrogen (secondary N) is 1. The van der Waals surface area contributed by atoms with Crippen LogP contribution in [0.4, 0.5) is 11.5 Å². The zero-order chi connectivity index (χ0) is 14.4. The fraction of sp³-hybridized carbons (Fsp3) is 0.357. The second kappa shape index (κ2) is 6.70. The van der Waals surface area contributed by atoms with Crippen LogP contribution in [0.5, 0.6) is 5.88 Å². The van der Waals surface area contributed by atoms with Crippen molar-refractivity contribution in [2.45, 2.75) is 20.4 Å². The molecule has 0 bridgehead atoms. The van der Waals surface area contributed by atoms with Crippen LogP contribution in [0.15, 0.2) is 30.7 Å². The van der Waals surface area contributed by atoms with Crippen molar-refractivity contribution in [1.29, 1.82) is 0 Å². The van der Waals surface area contributed by atoms with Gasteiger partial charge in [0, 0.05) is 6.20 Å². The summed E-state index contributed by atoms with van der Waals surface area (Å²) in [7, 11) is 0. The minimum Gasteiger partial charge on any atom is -0.476 e. The highest BCUT2D eigenvalue weighted by atomic mass is 16.5. The highest BCUT2D eigenvalue weighted by Gasteiger charge is 2.09. The van der Waals surface area contributed by atoms with E-state index in [2.05, 4.69) is 34.1 Å². The third-order valence-electron chi connectivity index (χ3n) is 2.56. The van der Waals surface area contributed by atoms with Crippen molar-refractivity contribution in [3.8, 4) is 5.88 Å². The van der Waals surface area contributed by atoms with Gasteiger partial charge in [0.25, 0.3) is 0 Å². The molecule has 0 aliphatic rings. The first kappa shape index (κ1) is 14.0. The fourth-order valence-electron chi connectivity index (χ4n) is 1.56. The summed E-state index contributed by atoms with van der Waals surface area (Å²) < 4.78 is 5.56. The van der Waals surface area contributed by atoms with Crippen LogP contribution in [-0.4, -0.2) is 21.6 Å². The molecule has 106 valence electrons. The number of rotatable bonds is 6. The first-order valence-corrected chi connectivity index (χ1v) is 6.54. The van der Waals surface area contributed by atoms with E-state index >= 15 is 0 Å². The second-order valence-electron chi connectivity index (χ2n) is 4.82. The van der Waals surface area contributed by atoms with E-state index in [-0.39, 0.29) is 0 Å². The molecule has 0 fully saturated rings. The number of nitrogens with two attached hydrogens (primary N) is 1. The van der Waals surface area contributed by atoms with E-state index in [0.29, 0.717) is 36.5 Å². The van der Waals surface area contributed by atoms with Crippen LogP contribution in [0, 0.1) is 5.92 Å². The number of hydrogen-bond donors (Lipinski definition) is 2. The summed E-state index contributed by atoms with van der Waals surface area (Å²) in [6.07, 6.45) is 3.18. The van der Waals surface area contributed by atoms with Crippen LogP contribution >= 0.6 is 0 Å². The molecular weight excluding hydrogens is 254 g/mol. The van der Waals surface area contributed by atoms with Gasteiger partial charge in [0.1, 0.15) is 12.0 Å². The quantitative estimate of drug-likeness (QED) is 0.838. The number of aromatic nitrogens is 3. The summed E-state index contributed by atoms with van der Waals surface area (Å²) >= 11 is 0. The molecule has 0 amide bonds. The maximum atomic E-state index is 6.00. The van der Waals surface area contributed by atoms with Crippen molar-refractivity contribution in [2.75, 3.05) is 17.7 Å². The molecule has 2 aromatic rings. The molecule has 0 saturated carbocycles. The standard InChI is InChI=1S/C14H19N5O/c1-10(2)8-20-14-12(15)13(18-9-19-14)17-7-11-5-3-4-6-16-11/h3-6,9-10H,7-8,15H2,1-2H3,(H,17,18,19). The van der Waals surface area contributed by atoms with Gasteiger partial charge in [-0.3, -0.25) is 4.98 Å². The van der Waals surface area contributed by atoms with E-state index < -0.39 is 0 Å². The summed E-state index contributed by atoms with van der Waals surface area (Å²) in [6, 6.07) is 5.74. The summed E-state index contributed by atoms with van der Waals surface area (Å²) in [5.74, 6) is 1.39. The summed E-state index contributed by atoms with van der Waals surface area (Å²) in [6.45, 7) is 5.25.